The molecule has 0 amide bonds. The molecule has 0 aromatic heterocycles. The standard InChI is InChI=1S/C19H22O2/c1-13(2)10-11-16-17(12-14(3)4)19(20)21-18(16)15-8-6-5-7-9-15/h5-9,11,14,18H,12H2,1-4H3. The summed E-state index contributed by atoms with van der Waals surface area (Å²) in [5.74, 6) is 0.219. The molecule has 1 atom stereocenters. The van der Waals surface area contributed by atoms with Crippen LogP contribution < -0.4 is 0 Å². The highest BCUT2D eigenvalue weighted by Crippen LogP contribution is 2.38. The summed E-state index contributed by atoms with van der Waals surface area (Å²) in [6, 6.07) is 9.88. The number of cyclic esters (lactones) is 1. The monoisotopic (exact) mass is 282 g/mol. The molecule has 0 N–H and O–H groups in total. The van der Waals surface area contributed by atoms with Gasteiger partial charge in [-0.1, -0.05) is 44.2 Å². The van der Waals surface area contributed by atoms with Crippen LogP contribution in [-0.2, 0) is 9.53 Å². The van der Waals surface area contributed by atoms with E-state index in [2.05, 4.69) is 19.6 Å². The minimum Gasteiger partial charge on any atom is -0.449 e. The second-order valence-electron chi connectivity index (χ2n) is 6.02. The zero-order chi connectivity index (χ0) is 15.4. The molecule has 0 saturated carbocycles. The molecule has 0 aliphatic carbocycles. The minimum absolute atomic E-state index is 0.195. The van der Waals surface area contributed by atoms with Gasteiger partial charge >= 0.3 is 5.97 Å². The first-order chi connectivity index (χ1) is 9.99. The average Bonchev–Trinajstić information content (AvgIpc) is 2.74. The van der Waals surface area contributed by atoms with E-state index >= 15 is 0 Å². The number of hydrogen-bond donors (Lipinski definition) is 0. The topological polar surface area (TPSA) is 26.3 Å². The molecule has 1 aromatic rings. The number of ether oxygens (including phenoxy) is 1. The molecule has 0 radical (unpaired) electrons. The molecular weight excluding hydrogens is 260 g/mol. The summed E-state index contributed by atoms with van der Waals surface area (Å²) in [7, 11) is 0. The van der Waals surface area contributed by atoms with Crippen LogP contribution >= 0.6 is 0 Å². The molecule has 0 bridgehead atoms. The molecule has 0 saturated heterocycles. The zero-order valence-electron chi connectivity index (χ0n) is 13.1. The van der Waals surface area contributed by atoms with Crippen molar-refractivity contribution in [1.29, 1.82) is 0 Å². The number of esters is 1. The van der Waals surface area contributed by atoms with E-state index in [1.54, 1.807) is 0 Å². The Morgan fingerprint density at radius 1 is 1.29 bits per heavy atom. The number of carbonyl (C=O) groups excluding carboxylic acids is 1. The summed E-state index contributed by atoms with van der Waals surface area (Å²) in [5.41, 5.74) is 7.03. The lowest BCUT2D eigenvalue weighted by atomic mass is 9.94. The van der Waals surface area contributed by atoms with Gasteiger partial charge < -0.3 is 4.74 Å². The summed E-state index contributed by atoms with van der Waals surface area (Å²) >= 11 is 0. The van der Waals surface area contributed by atoms with Crippen LogP contribution in [0.2, 0.25) is 0 Å². The molecule has 2 nitrogen and oxygen atoms in total. The Balaban J connectivity index is 2.49. The SMILES string of the molecule is CC(C)=C=CC1=C(CC(C)C)C(=O)OC1c1ccccc1. The average molecular weight is 282 g/mol. The van der Waals surface area contributed by atoms with Crippen LogP contribution in [0.25, 0.3) is 0 Å². The number of hydrogen-bond acceptors (Lipinski definition) is 2. The van der Waals surface area contributed by atoms with Gasteiger partial charge in [-0.25, -0.2) is 4.79 Å². The van der Waals surface area contributed by atoms with E-state index < -0.39 is 0 Å². The normalized spacial score (nSPS) is 17.8. The van der Waals surface area contributed by atoms with Gasteiger partial charge in [-0.3, -0.25) is 0 Å². The number of rotatable bonds is 4. The van der Waals surface area contributed by atoms with Crippen molar-refractivity contribution in [2.45, 2.75) is 40.2 Å². The fraction of sp³-hybridized carbons (Fsp3) is 0.368. The van der Waals surface area contributed by atoms with E-state index in [-0.39, 0.29) is 12.1 Å². The van der Waals surface area contributed by atoms with Gasteiger partial charge in [0.15, 0.2) is 6.10 Å². The molecule has 1 aromatic carbocycles. The van der Waals surface area contributed by atoms with E-state index in [1.807, 2.05) is 50.3 Å². The molecule has 2 heteroatoms. The lowest BCUT2D eigenvalue weighted by Crippen LogP contribution is -2.04. The fourth-order valence-electron chi connectivity index (χ4n) is 2.39. The van der Waals surface area contributed by atoms with Crippen molar-refractivity contribution in [1.82, 2.24) is 0 Å². The van der Waals surface area contributed by atoms with Gasteiger partial charge in [0.05, 0.1) is 0 Å². The Kier molecular flexibility index (Phi) is 4.82. The number of carbonyl (C=O) groups is 1. The Morgan fingerprint density at radius 2 is 1.95 bits per heavy atom. The van der Waals surface area contributed by atoms with Crippen molar-refractivity contribution in [3.05, 3.63) is 64.4 Å². The zero-order valence-corrected chi connectivity index (χ0v) is 13.1. The van der Waals surface area contributed by atoms with Gasteiger partial charge in [-0.05, 0) is 43.4 Å². The quantitative estimate of drug-likeness (QED) is 0.588. The highest BCUT2D eigenvalue weighted by Gasteiger charge is 2.33. The Labute approximate surface area is 126 Å². The van der Waals surface area contributed by atoms with Crippen LogP contribution in [0.1, 0.15) is 45.8 Å². The maximum absolute atomic E-state index is 12.2. The molecule has 110 valence electrons. The van der Waals surface area contributed by atoms with Gasteiger partial charge in [0.2, 0.25) is 0 Å². The molecule has 1 heterocycles. The summed E-state index contributed by atoms with van der Waals surface area (Å²) in [4.78, 5) is 12.2. The molecule has 1 aliphatic heterocycles. The summed E-state index contributed by atoms with van der Waals surface area (Å²) in [5, 5.41) is 0. The molecule has 0 fully saturated rings. The Hall–Kier alpha value is -2.05. The third-order valence-electron chi connectivity index (χ3n) is 3.33. The van der Waals surface area contributed by atoms with Crippen LogP contribution in [0.5, 0.6) is 0 Å². The first-order valence-electron chi connectivity index (χ1n) is 7.38. The Bertz CT molecular complexity index is 610. The van der Waals surface area contributed by atoms with Gasteiger partial charge in [-0.2, -0.15) is 0 Å². The van der Waals surface area contributed by atoms with Crippen molar-refractivity contribution in [3.8, 4) is 0 Å². The molecule has 1 aliphatic rings. The van der Waals surface area contributed by atoms with Crippen LogP contribution in [0.4, 0.5) is 0 Å². The van der Waals surface area contributed by atoms with Gasteiger partial charge in [0.25, 0.3) is 0 Å². The van der Waals surface area contributed by atoms with Crippen molar-refractivity contribution in [2.24, 2.45) is 5.92 Å². The second kappa shape index (κ2) is 6.60. The predicted molar refractivity (Wildman–Crippen MR) is 84.7 cm³/mol. The van der Waals surface area contributed by atoms with Crippen LogP contribution in [0.15, 0.2) is 58.9 Å². The second-order valence-corrected chi connectivity index (χ2v) is 6.02. The summed E-state index contributed by atoms with van der Waals surface area (Å²) < 4.78 is 5.61. The third kappa shape index (κ3) is 3.74. The summed E-state index contributed by atoms with van der Waals surface area (Å²) in [6.07, 6.45) is 2.34. The van der Waals surface area contributed by atoms with Crippen molar-refractivity contribution >= 4 is 5.97 Å². The van der Waals surface area contributed by atoms with Crippen molar-refractivity contribution in [2.75, 3.05) is 0 Å². The highest BCUT2D eigenvalue weighted by atomic mass is 16.5. The minimum atomic E-state index is -0.306. The third-order valence-corrected chi connectivity index (χ3v) is 3.33. The van der Waals surface area contributed by atoms with Crippen LogP contribution in [0.3, 0.4) is 0 Å². The van der Waals surface area contributed by atoms with Crippen molar-refractivity contribution in [3.63, 3.8) is 0 Å². The Morgan fingerprint density at radius 3 is 2.52 bits per heavy atom. The molecule has 1 unspecified atom stereocenters. The first kappa shape index (κ1) is 15.3. The van der Waals surface area contributed by atoms with Gasteiger partial charge in [0, 0.05) is 11.1 Å². The lowest BCUT2D eigenvalue weighted by Gasteiger charge is -2.11. The van der Waals surface area contributed by atoms with E-state index in [9.17, 15) is 4.79 Å². The molecule has 2 rings (SSSR count). The fourth-order valence-corrected chi connectivity index (χ4v) is 2.39. The largest absolute Gasteiger partial charge is 0.449 e. The molecule has 0 spiro atoms. The maximum atomic E-state index is 12.2. The van der Waals surface area contributed by atoms with Gasteiger partial charge in [-0.15, -0.1) is 5.73 Å². The van der Waals surface area contributed by atoms with Gasteiger partial charge in [0.1, 0.15) is 0 Å². The van der Waals surface area contributed by atoms with E-state index in [0.29, 0.717) is 5.92 Å². The predicted octanol–water partition coefficient (Wildman–Crippen LogP) is 4.75. The maximum Gasteiger partial charge on any atom is 0.335 e. The highest BCUT2D eigenvalue weighted by molar-refractivity contribution is 5.93. The first-order valence-corrected chi connectivity index (χ1v) is 7.38. The van der Waals surface area contributed by atoms with Crippen molar-refractivity contribution < 1.29 is 9.53 Å². The van der Waals surface area contributed by atoms with E-state index in [4.69, 9.17) is 4.74 Å². The molecular formula is C19H22O2. The smallest absolute Gasteiger partial charge is 0.335 e. The number of benzene rings is 1. The molecule has 21 heavy (non-hydrogen) atoms. The summed E-state index contributed by atoms with van der Waals surface area (Å²) in [6.45, 7) is 8.21. The van der Waals surface area contributed by atoms with E-state index in [0.717, 1.165) is 28.7 Å². The lowest BCUT2D eigenvalue weighted by molar-refractivity contribution is -0.140. The van der Waals surface area contributed by atoms with E-state index in [1.165, 1.54) is 0 Å². The van der Waals surface area contributed by atoms with Crippen LogP contribution in [0, 0.1) is 5.92 Å². The van der Waals surface area contributed by atoms with Crippen LogP contribution in [-0.4, -0.2) is 5.97 Å².